The molecule has 0 saturated carbocycles. The smallest absolute Gasteiger partial charge is 0.434 e. The molecule has 8 nitrogen and oxygen atoms in total. The molecule has 1 aromatic carbocycles. The lowest BCUT2D eigenvalue weighted by atomic mass is 10.2. The molecule has 0 saturated heterocycles. The molecule has 1 aromatic heterocycles. The van der Waals surface area contributed by atoms with Crippen LogP contribution in [-0.2, 0) is 22.6 Å². The summed E-state index contributed by atoms with van der Waals surface area (Å²) in [5.74, 6) is -4.47. The molecule has 186 valence electrons. The van der Waals surface area contributed by atoms with Crippen LogP contribution in [0.15, 0.2) is 35.9 Å². The van der Waals surface area contributed by atoms with Crippen LogP contribution >= 0.6 is 0 Å². The number of aromatic nitrogens is 2. The van der Waals surface area contributed by atoms with Gasteiger partial charge in [-0.2, -0.15) is 22.0 Å². The summed E-state index contributed by atoms with van der Waals surface area (Å²) in [6, 6.07) is 1.71. The normalized spacial score (nSPS) is 13.2. The van der Waals surface area contributed by atoms with Crippen LogP contribution in [0.2, 0.25) is 0 Å². The number of nitrogens with zero attached hydrogens (tertiary/aromatic N) is 2. The molecule has 2 N–H and O–H groups in total. The maximum atomic E-state index is 13.6. The fraction of sp³-hybridized carbons (Fsp3) is 0.316. The fourth-order valence-corrected chi connectivity index (χ4v) is 3.01. The maximum Gasteiger partial charge on any atom is 0.451 e. The van der Waals surface area contributed by atoms with Crippen molar-refractivity contribution in [2.45, 2.75) is 32.3 Å². The molecule has 2 aromatic rings. The molecule has 0 unspecified atom stereocenters. The third kappa shape index (κ3) is 8.20. The first-order chi connectivity index (χ1) is 15.7. The van der Waals surface area contributed by atoms with Gasteiger partial charge in [0.1, 0.15) is 22.9 Å². The van der Waals surface area contributed by atoms with Gasteiger partial charge in [-0.3, -0.25) is 4.79 Å². The summed E-state index contributed by atoms with van der Waals surface area (Å²) in [5, 5.41) is 5.54. The van der Waals surface area contributed by atoms with Crippen LogP contribution in [0.1, 0.15) is 28.7 Å². The number of rotatable bonds is 9. The maximum absolute atomic E-state index is 13.6. The lowest BCUT2D eigenvalue weighted by Crippen LogP contribution is -2.32. The van der Waals surface area contributed by atoms with E-state index in [0.29, 0.717) is 6.20 Å². The van der Waals surface area contributed by atoms with Gasteiger partial charge in [-0.25, -0.2) is 22.8 Å². The summed E-state index contributed by atoms with van der Waals surface area (Å²) in [6.07, 6.45) is -2.34. The van der Waals surface area contributed by atoms with Crippen LogP contribution in [0.3, 0.4) is 0 Å². The fourth-order valence-electron chi connectivity index (χ4n) is 2.49. The number of ether oxygens (including phenoxy) is 1. The number of carbonyl (C=O) groups is 1. The number of halogens is 6. The van der Waals surface area contributed by atoms with E-state index in [1.165, 1.54) is 6.92 Å². The van der Waals surface area contributed by atoms with Gasteiger partial charge in [-0.15, -0.1) is 0 Å². The Hall–Kier alpha value is -3.36. The lowest BCUT2D eigenvalue weighted by Gasteiger charge is -2.16. The predicted molar refractivity (Wildman–Crippen MR) is 108 cm³/mol. The number of benzene rings is 1. The van der Waals surface area contributed by atoms with E-state index in [4.69, 9.17) is 0 Å². The molecule has 0 aliphatic heterocycles. The Morgan fingerprint density at radius 1 is 1.26 bits per heavy atom. The molecule has 0 bridgehead atoms. The van der Waals surface area contributed by atoms with Gasteiger partial charge in [0.05, 0.1) is 0 Å². The molecule has 1 heterocycles. The molecule has 1 amide bonds. The van der Waals surface area contributed by atoms with Gasteiger partial charge in [0, 0.05) is 36.0 Å². The van der Waals surface area contributed by atoms with Gasteiger partial charge in [-0.1, -0.05) is 6.08 Å². The van der Waals surface area contributed by atoms with Gasteiger partial charge in [0.2, 0.25) is 5.82 Å². The second-order valence-corrected chi connectivity index (χ2v) is 8.79. The third-order valence-corrected chi connectivity index (χ3v) is 4.60. The number of hydrogen-bond acceptors (Lipinski definition) is 7. The van der Waals surface area contributed by atoms with E-state index in [1.54, 1.807) is 0 Å². The number of sulfone groups is 1. The summed E-state index contributed by atoms with van der Waals surface area (Å²) >= 11 is 0. The van der Waals surface area contributed by atoms with Gasteiger partial charge in [-0.05, 0) is 25.1 Å². The molecule has 0 spiro atoms. The highest BCUT2D eigenvalue weighted by atomic mass is 32.2. The molecule has 0 aliphatic rings. The van der Waals surface area contributed by atoms with E-state index in [0.717, 1.165) is 35.9 Å². The van der Waals surface area contributed by atoms with E-state index >= 15 is 0 Å². The molecule has 0 aliphatic carbocycles. The standard InChI is InChI=1S/C19H18F6N4O4S/c1-10(5-6-34(2,31)32)28-16(30)13-9-27-17(19(23,24)25)29-15(13)26-8-11-7-12(20)3-4-14(11)33-18(21)22/h3-7,9-10,18H,8H2,1-2H3,(H,28,30)(H,26,27,29)/b6-5+/t10-/m0/s1. The van der Waals surface area contributed by atoms with Gasteiger partial charge in [0.15, 0.2) is 9.84 Å². The van der Waals surface area contributed by atoms with Gasteiger partial charge in [0.25, 0.3) is 5.91 Å². The van der Waals surface area contributed by atoms with E-state index in [2.05, 4.69) is 25.3 Å². The molecule has 15 heteroatoms. The molecule has 34 heavy (non-hydrogen) atoms. The van der Waals surface area contributed by atoms with Crippen molar-refractivity contribution in [2.24, 2.45) is 0 Å². The number of hydrogen-bond donors (Lipinski definition) is 2. The first kappa shape index (κ1) is 26.9. The summed E-state index contributed by atoms with van der Waals surface area (Å²) in [7, 11) is -3.50. The first-order valence-electron chi connectivity index (χ1n) is 9.26. The minimum Gasteiger partial charge on any atom is -0.434 e. The zero-order valence-corrected chi connectivity index (χ0v) is 18.3. The van der Waals surface area contributed by atoms with Crippen LogP contribution < -0.4 is 15.4 Å². The van der Waals surface area contributed by atoms with Crippen molar-refractivity contribution in [3.8, 4) is 5.75 Å². The summed E-state index contributed by atoms with van der Waals surface area (Å²) in [6.45, 7) is -2.39. The summed E-state index contributed by atoms with van der Waals surface area (Å²) in [5.41, 5.74) is -0.663. The Morgan fingerprint density at radius 3 is 2.53 bits per heavy atom. The highest BCUT2D eigenvalue weighted by molar-refractivity contribution is 7.93. The predicted octanol–water partition coefficient (Wildman–Crippen LogP) is 3.52. The number of anilines is 1. The summed E-state index contributed by atoms with van der Waals surface area (Å²) < 4.78 is 105. The van der Waals surface area contributed by atoms with Crippen molar-refractivity contribution in [1.29, 1.82) is 0 Å². The minimum absolute atomic E-state index is 0.191. The van der Waals surface area contributed by atoms with E-state index < -0.39 is 69.9 Å². The molecular weight excluding hydrogens is 494 g/mol. The molecule has 2 rings (SSSR count). The number of nitrogens with one attached hydrogen (secondary N) is 2. The van der Waals surface area contributed by atoms with Crippen LogP contribution in [0.5, 0.6) is 5.75 Å². The second kappa shape index (κ2) is 10.7. The van der Waals surface area contributed by atoms with Crippen LogP contribution in [0.25, 0.3) is 0 Å². The zero-order valence-electron chi connectivity index (χ0n) is 17.5. The van der Waals surface area contributed by atoms with E-state index in [1.807, 2.05) is 0 Å². The quantitative estimate of drug-likeness (QED) is 0.495. The lowest BCUT2D eigenvalue weighted by molar-refractivity contribution is -0.144. The van der Waals surface area contributed by atoms with Crippen LogP contribution in [0, 0.1) is 5.82 Å². The summed E-state index contributed by atoms with van der Waals surface area (Å²) in [4.78, 5) is 19.0. The van der Waals surface area contributed by atoms with Gasteiger partial charge >= 0.3 is 12.8 Å². The Bertz CT molecular complexity index is 1170. The Balaban J connectivity index is 2.36. The van der Waals surface area contributed by atoms with E-state index in [-0.39, 0.29) is 5.56 Å². The highest BCUT2D eigenvalue weighted by Crippen LogP contribution is 2.28. The third-order valence-electron chi connectivity index (χ3n) is 3.95. The Morgan fingerprint density at radius 2 is 1.94 bits per heavy atom. The molecule has 0 radical (unpaired) electrons. The SMILES string of the molecule is C[C@@H](/C=C/S(C)(=O)=O)NC(=O)c1cnc(C(F)(F)F)nc1NCc1cc(F)ccc1OC(F)F. The van der Waals surface area contributed by atoms with Crippen molar-refractivity contribution in [3.63, 3.8) is 0 Å². The minimum atomic E-state index is -4.97. The number of alkyl halides is 5. The molecule has 1 atom stereocenters. The van der Waals surface area contributed by atoms with Crippen molar-refractivity contribution in [2.75, 3.05) is 11.6 Å². The largest absolute Gasteiger partial charge is 0.451 e. The Labute approximate surface area is 190 Å². The Kier molecular flexibility index (Phi) is 8.47. The molecular formula is C19H18F6N4O4S. The van der Waals surface area contributed by atoms with E-state index in [9.17, 15) is 39.6 Å². The van der Waals surface area contributed by atoms with Crippen molar-refractivity contribution < 1.29 is 44.3 Å². The van der Waals surface area contributed by atoms with Crippen LogP contribution in [-0.4, -0.2) is 43.2 Å². The number of carbonyl (C=O) groups excluding carboxylic acids is 1. The first-order valence-corrected chi connectivity index (χ1v) is 11.2. The monoisotopic (exact) mass is 512 g/mol. The van der Waals surface area contributed by atoms with Crippen molar-refractivity contribution >= 4 is 21.6 Å². The number of amides is 1. The average Bonchev–Trinajstić information content (AvgIpc) is 2.70. The van der Waals surface area contributed by atoms with Gasteiger partial charge < -0.3 is 15.4 Å². The van der Waals surface area contributed by atoms with Crippen molar-refractivity contribution in [1.82, 2.24) is 15.3 Å². The average molecular weight is 512 g/mol. The second-order valence-electron chi connectivity index (χ2n) is 6.86. The topological polar surface area (TPSA) is 110 Å². The van der Waals surface area contributed by atoms with Crippen LogP contribution in [0.4, 0.5) is 32.2 Å². The van der Waals surface area contributed by atoms with Crippen molar-refractivity contribution in [3.05, 3.63) is 58.6 Å². The zero-order chi connectivity index (χ0) is 25.7. The molecule has 0 fully saturated rings. The highest BCUT2D eigenvalue weighted by Gasteiger charge is 2.35.